The molecule has 0 saturated carbocycles. The fourth-order valence-electron chi connectivity index (χ4n) is 2.35. The monoisotopic (exact) mass is 360 g/mol. The number of aryl methyl sites for hydroxylation is 1. The second-order valence-electron chi connectivity index (χ2n) is 5.63. The molecule has 2 amide bonds. The van der Waals surface area contributed by atoms with Crippen LogP contribution in [0.15, 0.2) is 48.5 Å². The number of sulfone groups is 1. The summed E-state index contributed by atoms with van der Waals surface area (Å²) in [7, 11) is -3.45. The predicted octanol–water partition coefficient (Wildman–Crippen LogP) is 2.48. The molecule has 2 aromatic carbocycles. The van der Waals surface area contributed by atoms with E-state index in [0.29, 0.717) is 5.69 Å². The number of nitrogens with one attached hydrogen (secondary N) is 2. The predicted molar refractivity (Wildman–Crippen MR) is 98.6 cm³/mol. The molecule has 0 bridgehead atoms. The number of hydrogen-bond donors (Lipinski definition) is 2. The van der Waals surface area contributed by atoms with E-state index in [1.54, 1.807) is 24.3 Å². The highest BCUT2D eigenvalue weighted by atomic mass is 32.2. The van der Waals surface area contributed by atoms with Gasteiger partial charge in [-0.3, -0.25) is 9.59 Å². The van der Waals surface area contributed by atoms with Crippen molar-refractivity contribution >= 4 is 33.0 Å². The SMILES string of the molecule is CCc1ccccc1NC(=O)c1ccccc1NC(=O)CS(C)(=O)=O. The molecule has 0 saturated heterocycles. The summed E-state index contributed by atoms with van der Waals surface area (Å²) in [5.74, 6) is -1.70. The zero-order valence-electron chi connectivity index (χ0n) is 14.1. The lowest BCUT2D eigenvalue weighted by molar-refractivity contribution is -0.113. The Hall–Kier alpha value is -2.67. The molecule has 132 valence electrons. The first-order valence-electron chi connectivity index (χ1n) is 7.76. The highest BCUT2D eigenvalue weighted by molar-refractivity contribution is 7.91. The van der Waals surface area contributed by atoms with E-state index in [9.17, 15) is 18.0 Å². The van der Waals surface area contributed by atoms with Crippen molar-refractivity contribution in [3.63, 3.8) is 0 Å². The van der Waals surface area contributed by atoms with Gasteiger partial charge in [-0.2, -0.15) is 0 Å². The Labute approximate surface area is 147 Å². The molecule has 25 heavy (non-hydrogen) atoms. The molecule has 7 heteroatoms. The Balaban J connectivity index is 2.22. The summed E-state index contributed by atoms with van der Waals surface area (Å²) in [5.41, 5.74) is 2.22. The van der Waals surface area contributed by atoms with Crippen LogP contribution < -0.4 is 10.6 Å². The molecule has 0 aromatic heterocycles. The van der Waals surface area contributed by atoms with Crippen LogP contribution in [0.5, 0.6) is 0 Å². The topological polar surface area (TPSA) is 92.3 Å². The number of carbonyl (C=O) groups excluding carboxylic acids is 2. The number of carbonyl (C=O) groups is 2. The van der Waals surface area contributed by atoms with Crippen LogP contribution in [0.1, 0.15) is 22.8 Å². The Morgan fingerprint density at radius 2 is 1.52 bits per heavy atom. The Morgan fingerprint density at radius 1 is 0.920 bits per heavy atom. The molecule has 0 fully saturated rings. The van der Waals surface area contributed by atoms with Crippen molar-refractivity contribution < 1.29 is 18.0 Å². The highest BCUT2D eigenvalue weighted by Gasteiger charge is 2.16. The Morgan fingerprint density at radius 3 is 2.16 bits per heavy atom. The number of hydrogen-bond acceptors (Lipinski definition) is 4. The zero-order chi connectivity index (χ0) is 18.4. The van der Waals surface area contributed by atoms with Gasteiger partial charge in [0.1, 0.15) is 5.75 Å². The van der Waals surface area contributed by atoms with Crippen LogP contribution in [0.25, 0.3) is 0 Å². The molecule has 0 radical (unpaired) electrons. The normalized spacial score (nSPS) is 11.0. The first-order valence-corrected chi connectivity index (χ1v) is 9.82. The summed E-state index contributed by atoms with van der Waals surface area (Å²) in [6.07, 6.45) is 1.75. The van der Waals surface area contributed by atoms with E-state index in [-0.39, 0.29) is 17.2 Å². The van der Waals surface area contributed by atoms with Gasteiger partial charge < -0.3 is 10.6 Å². The number of anilines is 2. The molecular formula is C18H20N2O4S. The van der Waals surface area contributed by atoms with Gasteiger partial charge in [0.2, 0.25) is 5.91 Å². The fraction of sp³-hybridized carbons (Fsp3) is 0.222. The van der Waals surface area contributed by atoms with Crippen LogP contribution in [0.2, 0.25) is 0 Å². The van der Waals surface area contributed by atoms with Crippen LogP contribution in [-0.4, -0.2) is 32.2 Å². The summed E-state index contributed by atoms with van der Waals surface area (Å²) >= 11 is 0. The quantitative estimate of drug-likeness (QED) is 0.828. The van der Waals surface area contributed by atoms with Crippen LogP contribution in [0, 0.1) is 0 Å². The maximum Gasteiger partial charge on any atom is 0.257 e. The lowest BCUT2D eigenvalue weighted by atomic mass is 10.1. The smallest absolute Gasteiger partial charge is 0.257 e. The van der Waals surface area contributed by atoms with Crippen molar-refractivity contribution in [2.24, 2.45) is 0 Å². The second-order valence-corrected chi connectivity index (χ2v) is 7.77. The molecule has 0 atom stereocenters. The van der Waals surface area contributed by atoms with E-state index in [0.717, 1.165) is 18.2 Å². The minimum absolute atomic E-state index is 0.259. The second kappa shape index (κ2) is 7.94. The van der Waals surface area contributed by atoms with E-state index in [4.69, 9.17) is 0 Å². The minimum atomic E-state index is -3.45. The van der Waals surface area contributed by atoms with E-state index in [1.807, 2.05) is 31.2 Å². The van der Waals surface area contributed by atoms with Crippen molar-refractivity contribution in [2.75, 3.05) is 22.6 Å². The first kappa shape index (κ1) is 18.7. The average molecular weight is 360 g/mol. The van der Waals surface area contributed by atoms with Crippen LogP contribution >= 0.6 is 0 Å². The van der Waals surface area contributed by atoms with Gasteiger partial charge in [0.25, 0.3) is 5.91 Å². The Bertz CT molecular complexity index is 891. The van der Waals surface area contributed by atoms with Crippen molar-refractivity contribution in [1.29, 1.82) is 0 Å². The summed E-state index contributed by atoms with van der Waals surface area (Å²) in [6.45, 7) is 1.99. The van der Waals surface area contributed by atoms with Gasteiger partial charge in [0.05, 0.1) is 11.3 Å². The molecule has 0 heterocycles. The van der Waals surface area contributed by atoms with Crippen LogP contribution in [-0.2, 0) is 21.1 Å². The molecule has 0 spiro atoms. The third-order valence-corrected chi connectivity index (χ3v) is 4.27. The standard InChI is InChI=1S/C18H20N2O4S/c1-3-13-8-4-6-10-15(13)20-18(22)14-9-5-7-11-16(14)19-17(21)12-25(2,23)24/h4-11H,3,12H2,1-2H3,(H,19,21)(H,20,22). The van der Waals surface area contributed by atoms with Crippen molar-refractivity contribution in [3.8, 4) is 0 Å². The molecule has 0 aliphatic rings. The summed E-state index contributed by atoms with van der Waals surface area (Å²) in [6, 6.07) is 13.9. The number of benzene rings is 2. The van der Waals surface area contributed by atoms with E-state index in [1.165, 1.54) is 0 Å². The molecule has 2 aromatic rings. The lowest BCUT2D eigenvalue weighted by Crippen LogP contribution is -2.24. The molecule has 2 rings (SSSR count). The van der Waals surface area contributed by atoms with E-state index < -0.39 is 21.5 Å². The van der Waals surface area contributed by atoms with Gasteiger partial charge in [0.15, 0.2) is 9.84 Å². The zero-order valence-corrected chi connectivity index (χ0v) is 14.9. The number of para-hydroxylation sites is 2. The summed E-state index contributed by atoms with van der Waals surface area (Å²) in [5, 5.41) is 5.31. The molecule has 2 N–H and O–H groups in total. The Kier molecular flexibility index (Phi) is 5.93. The van der Waals surface area contributed by atoms with Gasteiger partial charge in [-0.05, 0) is 30.2 Å². The van der Waals surface area contributed by atoms with Gasteiger partial charge in [-0.1, -0.05) is 37.3 Å². The van der Waals surface area contributed by atoms with Crippen molar-refractivity contribution in [1.82, 2.24) is 0 Å². The average Bonchev–Trinajstić information content (AvgIpc) is 2.54. The lowest BCUT2D eigenvalue weighted by Gasteiger charge is -2.13. The van der Waals surface area contributed by atoms with Gasteiger partial charge in [-0.25, -0.2) is 8.42 Å². The van der Waals surface area contributed by atoms with Crippen molar-refractivity contribution in [3.05, 3.63) is 59.7 Å². The van der Waals surface area contributed by atoms with Gasteiger partial charge >= 0.3 is 0 Å². The van der Waals surface area contributed by atoms with E-state index in [2.05, 4.69) is 10.6 Å². The maximum atomic E-state index is 12.6. The maximum absolute atomic E-state index is 12.6. The molecule has 6 nitrogen and oxygen atoms in total. The van der Waals surface area contributed by atoms with E-state index >= 15 is 0 Å². The molecular weight excluding hydrogens is 340 g/mol. The molecule has 0 aliphatic carbocycles. The van der Waals surface area contributed by atoms with Crippen LogP contribution in [0.4, 0.5) is 11.4 Å². The largest absolute Gasteiger partial charge is 0.324 e. The van der Waals surface area contributed by atoms with Crippen LogP contribution in [0.3, 0.4) is 0 Å². The fourth-order valence-corrected chi connectivity index (χ4v) is 2.90. The van der Waals surface area contributed by atoms with Crippen molar-refractivity contribution in [2.45, 2.75) is 13.3 Å². The molecule has 0 aliphatic heterocycles. The summed E-state index contributed by atoms with van der Waals surface area (Å²) < 4.78 is 22.4. The molecule has 0 unspecified atom stereocenters. The minimum Gasteiger partial charge on any atom is -0.324 e. The third-order valence-electron chi connectivity index (χ3n) is 3.49. The summed E-state index contributed by atoms with van der Waals surface area (Å²) in [4.78, 5) is 24.4. The first-order chi connectivity index (χ1) is 11.8. The van der Waals surface area contributed by atoms with Gasteiger partial charge in [-0.15, -0.1) is 0 Å². The highest BCUT2D eigenvalue weighted by Crippen LogP contribution is 2.20. The van der Waals surface area contributed by atoms with Gasteiger partial charge in [0, 0.05) is 11.9 Å². The number of amides is 2. The third kappa shape index (κ3) is 5.42. The number of rotatable bonds is 6.